The van der Waals surface area contributed by atoms with Crippen molar-refractivity contribution in [3.05, 3.63) is 35.8 Å². The van der Waals surface area contributed by atoms with Gasteiger partial charge in [0.2, 0.25) is 5.96 Å². The average Bonchev–Trinajstić information content (AvgIpc) is 3.34. The lowest BCUT2D eigenvalue weighted by Gasteiger charge is -2.23. The number of hydrogen-bond donors (Lipinski definition) is 3. The highest BCUT2D eigenvalue weighted by atomic mass is 35.5. The second-order valence-electron chi connectivity index (χ2n) is 7.01. The molecule has 0 aromatic carbocycles. The fourth-order valence-electron chi connectivity index (χ4n) is 4.38. The Morgan fingerprint density at radius 3 is 2.88 bits per heavy atom. The number of rotatable bonds is 2. The van der Waals surface area contributed by atoms with Crippen LogP contribution in [0.3, 0.4) is 0 Å². The van der Waals surface area contributed by atoms with E-state index in [9.17, 15) is 4.79 Å². The molecule has 26 heavy (non-hydrogen) atoms. The van der Waals surface area contributed by atoms with Gasteiger partial charge < -0.3 is 10.3 Å². The first-order chi connectivity index (χ1) is 11.8. The number of amides is 1. The zero-order valence-corrected chi connectivity index (χ0v) is 15.7. The lowest BCUT2D eigenvalue weighted by molar-refractivity contribution is -0.115. The van der Waals surface area contributed by atoms with E-state index in [-0.39, 0.29) is 30.7 Å². The van der Waals surface area contributed by atoms with Gasteiger partial charge in [-0.2, -0.15) is 0 Å². The Balaban J connectivity index is 0.000000980. The van der Waals surface area contributed by atoms with E-state index in [4.69, 9.17) is 0 Å². The maximum absolute atomic E-state index is 12.2. The molecule has 0 unspecified atom stereocenters. The van der Waals surface area contributed by atoms with Crippen molar-refractivity contribution in [2.24, 2.45) is 16.8 Å². The van der Waals surface area contributed by atoms with Crippen LogP contribution in [0.25, 0.3) is 17.1 Å². The zero-order chi connectivity index (χ0) is 16.1. The van der Waals surface area contributed by atoms with Crippen molar-refractivity contribution in [3.63, 3.8) is 0 Å². The van der Waals surface area contributed by atoms with E-state index < -0.39 is 0 Å². The third kappa shape index (κ3) is 3.19. The van der Waals surface area contributed by atoms with Crippen molar-refractivity contribution >= 4 is 53.8 Å². The van der Waals surface area contributed by atoms with Gasteiger partial charge in [0.1, 0.15) is 11.3 Å². The molecule has 3 aliphatic rings. The topological polar surface area (TPSA) is 82.2 Å². The zero-order valence-electron chi connectivity index (χ0n) is 14.1. The Bertz CT molecular complexity index is 891. The number of hydrogen-bond acceptors (Lipinski definition) is 4. The van der Waals surface area contributed by atoms with Gasteiger partial charge in [0.25, 0.3) is 5.91 Å². The SMILES string of the molecule is Cl.Cl.O=C1NC(N[C@@H]2C[C@@H]3CC[C@H]2C3)=NC1=Cc1c[nH]c2ncccc12. The van der Waals surface area contributed by atoms with Crippen LogP contribution in [-0.2, 0) is 4.79 Å². The van der Waals surface area contributed by atoms with Gasteiger partial charge in [-0.05, 0) is 49.3 Å². The summed E-state index contributed by atoms with van der Waals surface area (Å²) < 4.78 is 0. The lowest BCUT2D eigenvalue weighted by atomic mass is 9.95. The number of guanidine groups is 1. The van der Waals surface area contributed by atoms with Crippen LogP contribution in [0.15, 0.2) is 35.2 Å². The maximum Gasteiger partial charge on any atom is 0.276 e. The van der Waals surface area contributed by atoms with Crippen LogP contribution in [0.1, 0.15) is 31.2 Å². The highest BCUT2D eigenvalue weighted by Crippen LogP contribution is 2.44. The number of nitrogens with one attached hydrogen (secondary N) is 3. The summed E-state index contributed by atoms with van der Waals surface area (Å²) in [5, 5.41) is 7.29. The van der Waals surface area contributed by atoms with Crippen molar-refractivity contribution < 1.29 is 4.79 Å². The lowest BCUT2D eigenvalue weighted by Crippen LogP contribution is -2.44. The van der Waals surface area contributed by atoms with Crippen LogP contribution in [0.2, 0.25) is 0 Å². The number of fused-ring (bicyclic) bond motifs is 3. The van der Waals surface area contributed by atoms with Crippen molar-refractivity contribution in [2.45, 2.75) is 31.7 Å². The number of aromatic amines is 1. The van der Waals surface area contributed by atoms with Crippen LogP contribution in [0.4, 0.5) is 0 Å². The fraction of sp³-hybridized carbons (Fsp3) is 0.389. The van der Waals surface area contributed by atoms with Crippen LogP contribution < -0.4 is 10.6 Å². The van der Waals surface area contributed by atoms with Gasteiger partial charge in [-0.3, -0.25) is 10.1 Å². The first-order valence-corrected chi connectivity index (χ1v) is 8.56. The molecule has 6 nitrogen and oxygen atoms in total. The van der Waals surface area contributed by atoms with E-state index in [2.05, 4.69) is 25.6 Å². The first kappa shape index (κ1) is 18.7. The second kappa shape index (κ2) is 7.29. The summed E-state index contributed by atoms with van der Waals surface area (Å²) in [5.74, 6) is 2.04. The summed E-state index contributed by atoms with van der Waals surface area (Å²) in [4.78, 5) is 24.1. The predicted molar refractivity (Wildman–Crippen MR) is 107 cm³/mol. The third-order valence-electron chi connectivity index (χ3n) is 5.53. The van der Waals surface area contributed by atoms with Gasteiger partial charge >= 0.3 is 0 Å². The number of aromatic nitrogens is 2. The van der Waals surface area contributed by atoms with E-state index in [0.29, 0.717) is 17.7 Å². The van der Waals surface area contributed by atoms with Crippen LogP contribution in [0.5, 0.6) is 0 Å². The van der Waals surface area contributed by atoms with Gasteiger partial charge in [-0.1, -0.05) is 6.42 Å². The van der Waals surface area contributed by atoms with Crippen molar-refractivity contribution in [2.75, 3.05) is 0 Å². The first-order valence-electron chi connectivity index (χ1n) is 8.56. The molecule has 2 bridgehead atoms. The Morgan fingerprint density at radius 1 is 1.23 bits per heavy atom. The van der Waals surface area contributed by atoms with Gasteiger partial charge in [0.15, 0.2) is 0 Å². The molecule has 0 spiro atoms. The molecular formula is C18H21Cl2N5O. The van der Waals surface area contributed by atoms with Gasteiger partial charge in [-0.25, -0.2) is 9.98 Å². The molecule has 5 rings (SSSR count). The van der Waals surface area contributed by atoms with E-state index in [1.54, 1.807) is 6.20 Å². The van der Waals surface area contributed by atoms with Crippen molar-refractivity contribution in [1.29, 1.82) is 0 Å². The Hall–Kier alpha value is -2.05. The molecule has 1 amide bonds. The Kier molecular flexibility index (Phi) is 5.25. The number of carbonyl (C=O) groups excluding carboxylic acids is 1. The number of aliphatic imine (C=N–C) groups is 1. The molecule has 138 valence electrons. The molecule has 2 aromatic rings. The average molecular weight is 394 g/mol. The molecule has 1 aliphatic heterocycles. The molecule has 3 N–H and O–H groups in total. The summed E-state index contributed by atoms with van der Waals surface area (Å²) in [6.45, 7) is 0. The highest BCUT2D eigenvalue weighted by molar-refractivity contribution is 6.14. The third-order valence-corrected chi connectivity index (χ3v) is 5.53. The molecule has 2 saturated carbocycles. The second-order valence-corrected chi connectivity index (χ2v) is 7.01. The molecular weight excluding hydrogens is 373 g/mol. The molecule has 2 aromatic heterocycles. The minimum atomic E-state index is -0.154. The molecule has 0 saturated heterocycles. The molecule has 3 heterocycles. The Morgan fingerprint density at radius 2 is 2.12 bits per heavy atom. The monoisotopic (exact) mass is 393 g/mol. The van der Waals surface area contributed by atoms with Crippen molar-refractivity contribution in [3.8, 4) is 0 Å². The largest absolute Gasteiger partial charge is 0.353 e. The van der Waals surface area contributed by atoms with Gasteiger partial charge in [-0.15, -0.1) is 24.8 Å². The normalized spacial score (nSPS) is 27.8. The van der Waals surface area contributed by atoms with E-state index >= 15 is 0 Å². The summed E-state index contributed by atoms with van der Waals surface area (Å²) in [6, 6.07) is 4.33. The number of H-pyrrole nitrogens is 1. The smallest absolute Gasteiger partial charge is 0.276 e. The minimum absolute atomic E-state index is 0. The summed E-state index contributed by atoms with van der Waals surface area (Å²) >= 11 is 0. The summed E-state index contributed by atoms with van der Waals surface area (Å²) in [5.41, 5.74) is 2.17. The highest BCUT2D eigenvalue weighted by Gasteiger charge is 2.40. The number of carbonyl (C=O) groups is 1. The predicted octanol–water partition coefficient (Wildman–Crippen LogP) is 3.01. The number of halogens is 2. The molecule has 2 aliphatic carbocycles. The van der Waals surface area contributed by atoms with E-state index in [0.717, 1.165) is 28.4 Å². The van der Waals surface area contributed by atoms with Crippen LogP contribution in [-0.4, -0.2) is 27.9 Å². The molecule has 2 fully saturated rings. The fourth-order valence-corrected chi connectivity index (χ4v) is 4.38. The minimum Gasteiger partial charge on any atom is -0.353 e. The van der Waals surface area contributed by atoms with Gasteiger partial charge in [0, 0.05) is 29.4 Å². The van der Waals surface area contributed by atoms with E-state index in [1.165, 1.54) is 25.7 Å². The molecule has 8 heteroatoms. The van der Waals surface area contributed by atoms with Gasteiger partial charge in [0.05, 0.1) is 0 Å². The Labute approximate surface area is 163 Å². The van der Waals surface area contributed by atoms with Crippen LogP contribution in [0, 0.1) is 11.8 Å². The molecule has 0 radical (unpaired) electrons. The van der Waals surface area contributed by atoms with Crippen molar-refractivity contribution in [1.82, 2.24) is 20.6 Å². The molecule has 3 atom stereocenters. The number of pyridine rings is 1. The summed E-state index contributed by atoms with van der Waals surface area (Å²) in [7, 11) is 0. The summed E-state index contributed by atoms with van der Waals surface area (Å²) in [6.07, 6.45) is 10.6. The van der Waals surface area contributed by atoms with E-state index in [1.807, 2.05) is 24.4 Å². The quantitative estimate of drug-likeness (QED) is 0.685. The maximum atomic E-state index is 12.2. The standard InChI is InChI=1S/C18H19N5O.2ClH/c24-17-15(8-12-9-20-16-13(12)2-1-5-19-16)22-18(23-17)21-14-7-10-3-4-11(14)6-10;;/h1-2,5,8-11,14H,3-4,6-7H2,(H,19,20)(H2,21,22,23,24);2*1H/t10-,11+,14-;;/m1../s1. The van der Waals surface area contributed by atoms with Crippen LogP contribution >= 0.6 is 24.8 Å². The number of nitrogens with zero attached hydrogens (tertiary/aromatic N) is 2.